The number of urea groups is 1. The number of rotatable bonds is 5. The van der Waals surface area contributed by atoms with Gasteiger partial charge in [-0.25, -0.2) is 9.18 Å². The molecule has 0 radical (unpaired) electrons. The molecule has 1 saturated heterocycles. The molecule has 1 fully saturated rings. The van der Waals surface area contributed by atoms with Crippen LogP contribution in [0.3, 0.4) is 0 Å². The Labute approximate surface area is 150 Å². The summed E-state index contributed by atoms with van der Waals surface area (Å²) in [6, 6.07) is 12.4. The Morgan fingerprint density at radius 3 is 2.27 bits per heavy atom. The molecule has 7 heteroatoms. The van der Waals surface area contributed by atoms with E-state index in [0.29, 0.717) is 24.5 Å². The van der Waals surface area contributed by atoms with Crippen molar-refractivity contribution < 1.29 is 24.1 Å². The fraction of sp³-hybridized carbons (Fsp3) is 0.316. The van der Waals surface area contributed by atoms with Crippen molar-refractivity contribution in [2.75, 3.05) is 31.6 Å². The number of nitrogens with one attached hydrogen (secondary N) is 1. The highest BCUT2D eigenvalue weighted by molar-refractivity contribution is 5.89. The lowest BCUT2D eigenvalue weighted by atomic mass is 9.98. The minimum absolute atomic E-state index is 0.0584. The number of amides is 2. The van der Waals surface area contributed by atoms with Crippen LogP contribution >= 0.6 is 0 Å². The lowest BCUT2D eigenvalue weighted by Crippen LogP contribution is -2.33. The van der Waals surface area contributed by atoms with Gasteiger partial charge in [0, 0.05) is 43.8 Å². The highest BCUT2D eigenvalue weighted by Gasteiger charge is 2.34. The summed E-state index contributed by atoms with van der Waals surface area (Å²) in [4.78, 5) is 13.9. The molecular formula is C19H21FN2O4. The first-order chi connectivity index (χ1) is 12.6. The number of carbonyl (C=O) groups excluding carboxylic acids is 1. The molecule has 0 unspecified atom stereocenters. The number of likely N-dealkylation sites (tertiary alicyclic amines) is 1. The molecule has 1 aliphatic rings. The predicted molar refractivity (Wildman–Crippen MR) is 94.7 cm³/mol. The molecule has 26 heavy (non-hydrogen) atoms. The number of hydrogen-bond donors (Lipinski definition) is 3. The minimum Gasteiger partial charge on any atom is -0.454 e. The summed E-state index contributed by atoms with van der Waals surface area (Å²) < 4.78 is 19.1. The molecular weight excluding hydrogens is 339 g/mol. The molecule has 0 spiro atoms. The van der Waals surface area contributed by atoms with Crippen molar-refractivity contribution in [3.63, 3.8) is 0 Å². The van der Waals surface area contributed by atoms with Crippen LogP contribution in [-0.2, 0) is 0 Å². The summed E-state index contributed by atoms with van der Waals surface area (Å²) in [5, 5.41) is 21.4. The third kappa shape index (κ3) is 4.12. The van der Waals surface area contributed by atoms with E-state index < -0.39 is 5.82 Å². The summed E-state index contributed by atoms with van der Waals surface area (Å²) in [5.74, 6) is -0.0817. The molecule has 2 atom stereocenters. The standard InChI is InChI=1S/C19H21FN2O4/c20-17-3-1-2-4-18(17)26-16-7-5-15(6-8-16)21-19(25)22-9-13(11-23)14(10-22)12-24/h1-8,13-14,23-24H,9-12H2,(H,21,25)/t13-,14-/m0/s1. The Bertz CT molecular complexity index is 741. The van der Waals surface area contributed by atoms with Crippen LogP contribution < -0.4 is 10.1 Å². The van der Waals surface area contributed by atoms with E-state index in [0.717, 1.165) is 0 Å². The number of anilines is 1. The number of ether oxygens (including phenoxy) is 1. The second-order valence-electron chi connectivity index (χ2n) is 6.28. The van der Waals surface area contributed by atoms with Gasteiger partial charge in [0.1, 0.15) is 5.75 Å². The largest absolute Gasteiger partial charge is 0.454 e. The summed E-state index contributed by atoms with van der Waals surface area (Å²) in [5.41, 5.74) is 0.573. The molecule has 2 aromatic rings. The summed E-state index contributed by atoms with van der Waals surface area (Å²) in [7, 11) is 0. The van der Waals surface area contributed by atoms with E-state index in [4.69, 9.17) is 4.74 Å². The Morgan fingerprint density at radius 2 is 1.69 bits per heavy atom. The van der Waals surface area contributed by atoms with Gasteiger partial charge in [0.2, 0.25) is 0 Å². The molecule has 2 aromatic carbocycles. The van der Waals surface area contributed by atoms with Crippen LogP contribution in [0.5, 0.6) is 11.5 Å². The van der Waals surface area contributed by atoms with Gasteiger partial charge in [-0.05, 0) is 36.4 Å². The maximum absolute atomic E-state index is 13.6. The zero-order chi connectivity index (χ0) is 18.5. The number of para-hydroxylation sites is 1. The van der Waals surface area contributed by atoms with Crippen LogP contribution in [-0.4, -0.2) is 47.4 Å². The topological polar surface area (TPSA) is 82.0 Å². The third-order valence-electron chi connectivity index (χ3n) is 4.50. The average molecular weight is 360 g/mol. The van der Waals surface area contributed by atoms with Gasteiger partial charge in [-0.3, -0.25) is 0 Å². The highest BCUT2D eigenvalue weighted by Crippen LogP contribution is 2.26. The lowest BCUT2D eigenvalue weighted by Gasteiger charge is -2.17. The van der Waals surface area contributed by atoms with Gasteiger partial charge in [0.05, 0.1) is 0 Å². The van der Waals surface area contributed by atoms with Gasteiger partial charge in [-0.1, -0.05) is 12.1 Å². The van der Waals surface area contributed by atoms with E-state index in [1.54, 1.807) is 41.3 Å². The lowest BCUT2D eigenvalue weighted by molar-refractivity contribution is 0.152. The SMILES string of the molecule is O=C(Nc1ccc(Oc2ccccc2F)cc1)N1C[C@@H](CO)[C@H](CO)C1. The van der Waals surface area contributed by atoms with Crippen LogP contribution in [0.1, 0.15) is 0 Å². The van der Waals surface area contributed by atoms with Gasteiger partial charge in [-0.2, -0.15) is 0 Å². The normalized spacial score (nSPS) is 19.4. The number of nitrogens with zero attached hydrogens (tertiary/aromatic N) is 1. The van der Waals surface area contributed by atoms with E-state index >= 15 is 0 Å². The Hall–Kier alpha value is -2.64. The predicted octanol–water partition coefficient (Wildman–Crippen LogP) is 2.68. The first-order valence-electron chi connectivity index (χ1n) is 8.40. The van der Waals surface area contributed by atoms with Crippen LogP contribution in [0.25, 0.3) is 0 Å². The van der Waals surface area contributed by atoms with Gasteiger partial charge < -0.3 is 25.2 Å². The number of aliphatic hydroxyl groups excluding tert-OH is 2. The Kier molecular flexibility index (Phi) is 5.70. The molecule has 0 bridgehead atoms. The fourth-order valence-corrected chi connectivity index (χ4v) is 2.98. The van der Waals surface area contributed by atoms with Gasteiger partial charge in [0.15, 0.2) is 11.6 Å². The second-order valence-corrected chi connectivity index (χ2v) is 6.28. The maximum Gasteiger partial charge on any atom is 0.321 e. The summed E-state index contributed by atoms with van der Waals surface area (Å²) in [6.45, 7) is 0.693. The number of hydrogen-bond acceptors (Lipinski definition) is 4. The molecule has 138 valence electrons. The number of carbonyl (C=O) groups is 1. The van der Waals surface area contributed by atoms with E-state index in [1.807, 2.05) is 0 Å². The Morgan fingerprint density at radius 1 is 1.08 bits per heavy atom. The Balaban J connectivity index is 1.59. The van der Waals surface area contributed by atoms with Gasteiger partial charge >= 0.3 is 6.03 Å². The molecule has 2 amide bonds. The first kappa shape index (κ1) is 18.2. The molecule has 0 aromatic heterocycles. The summed E-state index contributed by atoms with van der Waals surface area (Å²) >= 11 is 0. The van der Waals surface area contributed by atoms with Crippen molar-refractivity contribution in [3.05, 3.63) is 54.3 Å². The van der Waals surface area contributed by atoms with Crippen LogP contribution in [0.15, 0.2) is 48.5 Å². The maximum atomic E-state index is 13.6. The molecule has 0 saturated carbocycles. The smallest absolute Gasteiger partial charge is 0.321 e. The van der Waals surface area contributed by atoms with Gasteiger partial charge in [0.25, 0.3) is 0 Å². The molecule has 3 N–H and O–H groups in total. The molecule has 1 heterocycles. The van der Waals surface area contributed by atoms with Crippen LogP contribution in [0, 0.1) is 17.7 Å². The zero-order valence-electron chi connectivity index (χ0n) is 14.1. The zero-order valence-corrected chi connectivity index (χ0v) is 14.1. The average Bonchev–Trinajstić information content (AvgIpc) is 3.09. The van der Waals surface area contributed by atoms with E-state index in [1.165, 1.54) is 12.1 Å². The van der Waals surface area contributed by atoms with Crippen molar-refractivity contribution in [1.82, 2.24) is 4.90 Å². The van der Waals surface area contributed by atoms with E-state index in [-0.39, 0.29) is 36.8 Å². The van der Waals surface area contributed by atoms with Crippen molar-refractivity contribution in [1.29, 1.82) is 0 Å². The number of benzene rings is 2. The third-order valence-corrected chi connectivity index (χ3v) is 4.50. The molecule has 3 rings (SSSR count). The first-order valence-corrected chi connectivity index (χ1v) is 8.40. The van der Waals surface area contributed by atoms with Crippen molar-refractivity contribution in [3.8, 4) is 11.5 Å². The number of halogens is 1. The quantitative estimate of drug-likeness (QED) is 0.766. The monoisotopic (exact) mass is 360 g/mol. The van der Waals surface area contributed by atoms with Gasteiger partial charge in [-0.15, -0.1) is 0 Å². The highest BCUT2D eigenvalue weighted by atomic mass is 19.1. The van der Waals surface area contributed by atoms with Crippen LogP contribution in [0.2, 0.25) is 0 Å². The number of aliphatic hydroxyl groups is 2. The fourth-order valence-electron chi connectivity index (χ4n) is 2.98. The molecule has 1 aliphatic heterocycles. The van der Waals surface area contributed by atoms with Crippen molar-refractivity contribution in [2.24, 2.45) is 11.8 Å². The summed E-state index contributed by atoms with van der Waals surface area (Å²) in [6.07, 6.45) is 0. The molecule has 0 aliphatic carbocycles. The molecule has 6 nitrogen and oxygen atoms in total. The van der Waals surface area contributed by atoms with Crippen molar-refractivity contribution in [2.45, 2.75) is 0 Å². The van der Waals surface area contributed by atoms with Crippen LogP contribution in [0.4, 0.5) is 14.9 Å². The van der Waals surface area contributed by atoms with E-state index in [9.17, 15) is 19.4 Å². The van der Waals surface area contributed by atoms with E-state index in [2.05, 4.69) is 5.32 Å². The van der Waals surface area contributed by atoms with Crippen molar-refractivity contribution >= 4 is 11.7 Å². The second kappa shape index (κ2) is 8.16. The minimum atomic E-state index is -0.448.